The van der Waals surface area contributed by atoms with Gasteiger partial charge in [-0.1, -0.05) is 34.7 Å². The molecule has 0 aliphatic rings. The average molecular weight is 588 g/mol. The van der Waals surface area contributed by atoms with Crippen LogP contribution < -0.4 is 11.2 Å². The topological polar surface area (TPSA) is 105 Å². The first-order valence-corrected chi connectivity index (χ1v) is 11.3. The third kappa shape index (κ3) is 4.53. The van der Waals surface area contributed by atoms with E-state index in [0.29, 0.717) is 15.0 Å². The third-order valence-electron chi connectivity index (χ3n) is 5.13. The SMILES string of the molecule is O=c1c(I)cn(Cc2cn(-c3ccccc3F)nn2)c(=O)n1Cc1cn(-c2ccccc2F)nn1. The zero-order valence-electron chi connectivity index (χ0n) is 17.8. The van der Waals surface area contributed by atoms with Gasteiger partial charge in [-0.15, -0.1) is 10.2 Å². The van der Waals surface area contributed by atoms with Crippen LogP contribution in [0, 0.1) is 15.2 Å². The summed E-state index contributed by atoms with van der Waals surface area (Å²) in [5.74, 6) is -0.950. The van der Waals surface area contributed by atoms with Gasteiger partial charge in [-0.3, -0.25) is 13.9 Å². The Hall–Kier alpha value is -4.01. The first-order valence-electron chi connectivity index (χ1n) is 10.2. The summed E-state index contributed by atoms with van der Waals surface area (Å²) in [6.07, 6.45) is 4.38. The number of benzene rings is 2. The molecule has 35 heavy (non-hydrogen) atoms. The Bertz CT molecular complexity index is 1660. The van der Waals surface area contributed by atoms with E-state index in [1.807, 2.05) is 22.6 Å². The van der Waals surface area contributed by atoms with Crippen molar-refractivity contribution in [1.29, 1.82) is 0 Å². The highest BCUT2D eigenvalue weighted by atomic mass is 127. The highest BCUT2D eigenvalue weighted by Gasteiger charge is 2.15. The highest BCUT2D eigenvalue weighted by molar-refractivity contribution is 14.1. The summed E-state index contributed by atoms with van der Waals surface area (Å²) in [4.78, 5) is 25.8. The molecule has 0 fully saturated rings. The number of hydrogen-bond donors (Lipinski definition) is 0. The summed E-state index contributed by atoms with van der Waals surface area (Å²) in [7, 11) is 0. The maximum atomic E-state index is 14.1. The molecule has 5 aromatic rings. The monoisotopic (exact) mass is 588 g/mol. The van der Waals surface area contributed by atoms with Gasteiger partial charge >= 0.3 is 5.69 Å². The molecule has 13 heteroatoms. The van der Waals surface area contributed by atoms with Crippen LogP contribution in [0.15, 0.2) is 76.7 Å². The smallest absolute Gasteiger partial charge is 0.293 e. The van der Waals surface area contributed by atoms with Crippen molar-refractivity contribution in [2.75, 3.05) is 0 Å². The van der Waals surface area contributed by atoms with Gasteiger partial charge in [0.05, 0.1) is 29.1 Å². The predicted molar refractivity (Wildman–Crippen MR) is 129 cm³/mol. The Balaban J connectivity index is 1.44. The Kier molecular flexibility index (Phi) is 6.07. The molecule has 3 heterocycles. The lowest BCUT2D eigenvalue weighted by Crippen LogP contribution is -2.41. The van der Waals surface area contributed by atoms with Crippen LogP contribution in [0.5, 0.6) is 0 Å². The summed E-state index contributed by atoms with van der Waals surface area (Å²) >= 11 is 1.84. The van der Waals surface area contributed by atoms with Crippen molar-refractivity contribution >= 4 is 22.6 Å². The van der Waals surface area contributed by atoms with Gasteiger partial charge < -0.3 is 0 Å². The standard InChI is InChI=1S/C22H15F2IN8O2/c23-16-5-1-3-7-19(16)32-11-14(26-28-32)9-30-13-18(25)21(34)31(22(30)35)10-15-12-33(29-27-15)20-8-4-2-6-17(20)24/h1-8,11-13H,9-10H2. The molecule has 10 nitrogen and oxygen atoms in total. The second kappa shape index (κ2) is 9.32. The van der Waals surface area contributed by atoms with Crippen molar-refractivity contribution in [2.24, 2.45) is 0 Å². The summed E-state index contributed by atoms with van der Waals surface area (Å²) in [5, 5.41) is 15.8. The van der Waals surface area contributed by atoms with E-state index in [4.69, 9.17) is 0 Å². The lowest BCUT2D eigenvalue weighted by Gasteiger charge is -2.09. The first kappa shape index (κ1) is 22.8. The van der Waals surface area contributed by atoms with Crippen molar-refractivity contribution < 1.29 is 8.78 Å². The van der Waals surface area contributed by atoms with E-state index in [1.165, 1.54) is 50.7 Å². The van der Waals surface area contributed by atoms with Crippen molar-refractivity contribution in [1.82, 2.24) is 39.1 Å². The highest BCUT2D eigenvalue weighted by Crippen LogP contribution is 2.13. The summed E-state index contributed by atoms with van der Waals surface area (Å²) < 4.78 is 33.2. The molecule has 0 bridgehead atoms. The number of aromatic nitrogens is 8. The Morgan fingerprint density at radius 2 is 1.26 bits per heavy atom. The van der Waals surface area contributed by atoms with E-state index < -0.39 is 22.9 Å². The molecule has 0 aliphatic carbocycles. The Morgan fingerprint density at radius 3 is 1.80 bits per heavy atom. The van der Waals surface area contributed by atoms with Crippen LogP contribution in [-0.2, 0) is 13.1 Å². The zero-order valence-corrected chi connectivity index (χ0v) is 20.0. The zero-order chi connectivity index (χ0) is 24.5. The Labute approximate surface area is 209 Å². The maximum Gasteiger partial charge on any atom is 0.331 e. The van der Waals surface area contributed by atoms with E-state index in [2.05, 4.69) is 20.6 Å². The van der Waals surface area contributed by atoms with Gasteiger partial charge in [-0.25, -0.2) is 22.9 Å². The maximum absolute atomic E-state index is 14.1. The third-order valence-corrected chi connectivity index (χ3v) is 5.87. The van der Waals surface area contributed by atoms with E-state index in [0.717, 1.165) is 4.57 Å². The van der Waals surface area contributed by atoms with E-state index in [-0.39, 0.29) is 24.5 Å². The van der Waals surface area contributed by atoms with Crippen LogP contribution >= 0.6 is 22.6 Å². The van der Waals surface area contributed by atoms with Crippen molar-refractivity contribution in [3.8, 4) is 11.4 Å². The first-order chi connectivity index (χ1) is 16.9. The van der Waals surface area contributed by atoms with Crippen LogP contribution in [-0.4, -0.2) is 39.1 Å². The molecule has 5 rings (SSSR count). The molecule has 0 aliphatic heterocycles. The fourth-order valence-corrected chi connectivity index (χ4v) is 4.09. The summed E-state index contributed by atoms with van der Waals surface area (Å²) in [6.45, 7) is -0.156. The van der Waals surface area contributed by atoms with Gasteiger partial charge in [-0.2, -0.15) is 0 Å². The quantitative estimate of drug-likeness (QED) is 0.282. The molecule has 0 unspecified atom stereocenters. The predicted octanol–water partition coefficient (Wildman–Crippen LogP) is 2.15. The van der Waals surface area contributed by atoms with Crippen LogP contribution in [0.3, 0.4) is 0 Å². The average Bonchev–Trinajstić information content (AvgIpc) is 3.51. The van der Waals surface area contributed by atoms with E-state index in [9.17, 15) is 18.4 Å². The van der Waals surface area contributed by atoms with Gasteiger partial charge in [0.1, 0.15) is 34.4 Å². The molecule has 0 saturated heterocycles. The van der Waals surface area contributed by atoms with E-state index in [1.54, 1.807) is 30.3 Å². The fraction of sp³-hybridized carbons (Fsp3) is 0.0909. The fourth-order valence-electron chi connectivity index (χ4n) is 3.46. The summed E-state index contributed by atoms with van der Waals surface area (Å²) in [5.41, 5.74) is -0.000344. The van der Waals surface area contributed by atoms with Crippen molar-refractivity contribution in [3.63, 3.8) is 0 Å². The molecule has 0 amide bonds. The number of rotatable bonds is 6. The van der Waals surface area contributed by atoms with Gasteiger partial charge in [0.2, 0.25) is 0 Å². The number of hydrogen-bond acceptors (Lipinski definition) is 6. The van der Waals surface area contributed by atoms with Gasteiger partial charge in [0, 0.05) is 6.20 Å². The van der Waals surface area contributed by atoms with Crippen LogP contribution in [0.1, 0.15) is 11.4 Å². The number of nitrogens with zero attached hydrogens (tertiary/aromatic N) is 8. The lowest BCUT2D eigenvalue weighted by atomic mass is 10.3. The normalized spacial score (nSPS) is 11.2. The van der Waals surface area contributed by atoms with Crippen LogP contribution in [0.25, 0.3) is 11.4 Å². The molecule has 0 atom stereocenters. The minimum atomic E-state index is -0.601. The molecule has 176 valence electrons. The Morgan fingerprint density at radius 1 is 0.743 bits per heavy atom. The van der Waals surface area contributed by atoms with Gasteiger partial charge in [-0.05, 0) is 46.9 Å². The number of halogens is 3. The molecular formula is C22H15F2IN8O2. The molecule has 0 spiro atoms. The van der Waals surface area contributed by atoms with Gasteiger partial charge in [0.25, 0.3) is 5.56 Å². The van der Waals surface area contributed by atoms with Crippen LogP contribution in [0.4, 0.5) is 8.78 Å². The van der Waals surface area contributed by atoms with Gasteiger partial charge in [0.15, 0.2) is 0 Å². The minimum absolute atomic E-state index is 0.00544. The largest absolute Gasteiger partial charge is 0.331 e. The second-order valence-electron chi connectivity index (χ2n) is 7.49. The van der Waals surface area contributed by atoms with Crippen molar-refractivity contribution in [2.45, 2.75) is 13.1 Å². The number of para-hydroxylation sites is 2. The lowest BCUT2D eigenvalue weighted by molar-refractivity contribution is 0.594. The van der Waals surface area contributed by atoms with E-state index >= 15 is 0 Å². The molecule has 2 aromatic carbocycles. The summed E-state index contributed by atoms with van der Waals surface area (Å²) in [6, 6.07) is 12.1. The second-order valence-corrected chi connectivity index (χ2v) is 8.65. The molecular weight excluding hydrogens is 573 g/mol. The van der Waals surface area contributed by atoms with Crippen molar-refractivity contribution in [3.05, 3.63) is 115 Å². The van der Waals surface area contributed by atoms with Crippen LogP contribution in [0.2, 0.25) is 0 Å². The molecule has 0 saturated carbocycles. The molecule has 0 N–H and O–H groups in total. The molecule has 3 aromatic heterocycles. The molecule has 0 radical (unpaired) electrons. The minimum Gasteiger partial charge on any atom is -0.293 e.